The summed E-state index contributed by atoms with van der Waals surface area (Å²) in [6.45, 7) is 16.4. The summed E-state index contributed by atoms with van der Waals surface area (Å²) in [6, 6.07) is 0. The minimum Gasteiger partial charge on any atom is -0.458 e. The summed E-state index contributed by atoms with van der Waals surface area (Å²) in [5, 5.41) is 0. The van der Waals surface area contributed by atoms with E-state index in [1.165, 1.54) is 0 Å². The molecule has 0 heterocycles. The highest BCUT2D eigenvalue weighted by Gasteiger charge is 2.81. The van der Waals surface area contributed by atoms with Gasteiger partial charge in [0.1, 0.15) is 44.8 Å². The lowest BCUT2D eigenvalue weighted by Crippen LogP contribution is -2.75. The number of hydrogen-bond donors (Lipinski definition) is 0. The lowest BCUT2D eigenvalue weighted by atomic mass is 9.48. The van der Waals surface area contributed by atoms with E-state index in [1.54, 1.807) is 24.3 Å². The van der Waals surface area contributed by atoms with Crippen molar-refractivity contribution in [3.8, 4) is 0 Å². The lowest BCUT2D eigenvalue weighted by molar-refractivity contribution is -0.312. The molecule has 94 heavy (non-hydrogen) atoms. The van der Waals surface area contributed by atoms with Crippen molar-refractivity contribution in [1.29, 1.82) is 0 Å². The minimum atomic E-state index is -1.80. The van der Waals surface area contributed by atoms with Crippen LogP contribution < -0.4 is 0 Å². The summed E-state index contributed by atoms with van der Waals surface area (Å²) in [4.78, 5) is 125. The lowest BCUT2D eigenvalue weighted by Gasteiger charge is -2.67. The quantitative estimate of drug-likeness (QED) is 0.0480. The number of hydrogen-bond acceptors (Lipinski definition) is 16. The molecule has 16 heteroatoms. The van der Waals surface area contributed by atoms with Crippen LogP contribution in [0.3, 0.4) is 0 Å². The van der Waals surface area contributed by atoms with Crippen molar-refractivity contribution in [2.75, 3.05) is 0 Å². The average Bonchev–Trinajstić information content (AvgIpc) is 1.49. The molecule has 0 spiro atoms. The second-order valence-electron chi connectivity index (χ2n) is 37.4. The first kappa shape index (κ1) is 59.9. The summed E-state index contributed by atoms with van der Waals surface area (Å²) in [5.41, 5.74) is -17.1. The van der Waals surface area contributed by atoms with Crippen LogP contribution in [-0.4, -0.2) is 92.6 Å². The van der Waals surface area contributed by atoms with E-state index < -0.39 is 138 Å². The molecule has 24 rings (SSSR count). The van der Waals surface area contributed by atoms with Gasteiger partial charge in [0.15, 0.2) is 21.7 Å². The molecule has 16 nitrogen and oxygen atoms in total. The van der Waals surface area contributed by atoms with E-state index in [9.17, 15) is 0 Å². The fraction of sp³-hybridized carbons (Fsp3) is 0.795. The maximum Gasteiger partial charge on any atom is 0.324 e. The van der Waals surface area contributed by atoms with Gasteiger partial charge in [0.2, 0.25) is 0 Å². The summed E-state index contributed by atoms with van der Waals surface area (Å²) >= 11 is 0. The molecule has 8 atom stereocenters. The van der Waals surface area contributed by atoms with Crippen LogP contribution in [0.1, 0.15) is 218 Å². The predicted molar refractivity (Wildman–Crippen MR) is 334 cm³/mol. The van der Waals surface area contributed by atoms with Crippen LogP contribution in [0, 0.1) is 116 Å². The topological polar surface area (TPSA) is 210 Å². The number of esters is 8. The fourth-order valence-corrected chi connectivity index (χ4v) is 28.1. The van der Waals surface area contributed by atoms with E-state index in [0.29, 0.717) is 71.0 Å². The first-order chi connectivity index (χ1) is 44.9. The third-order valence-corrected chi connectivity index (χ3v) is 30.4. The van der Waals surface area contributed by atoms with Gasteiger partial charge in [0.05, 0.1) is 0 Å². The first-order valence-corrected chi connectivity index (χ1v) is 37.2. The van der Waals surface area contributed by atoms with E-state index in [0.717, 1.165) is 154 Å². The molecule has 0 aromatic rings. The molecule has 504 valence electrons. The normalized spacial score (nSPS) is 54.4. The molecular weight excluding hydrogens is 1190 g/mol. The highest BCUT2D eigenvalue weighted by molar-refractivity contribution is 6.07. The van der Waals surface area contributed by atoms with Gasteiger partial charge < -0.3 is 37.9 Å². The Bertz CT molecular complexity index is 2840. The highest BCUT2D eigenvalue weighted by atomic mass is 16.6. The molecule has 0 aliphatic heterocycles. The Morgan fingerprint density at radius 2 is 0.340 bits per heavy atom. The molecule has 24 saturated carbocycles. The standard InChI is InChI=1S/C78H96O16/c1-5-55-33-75(55,59(79)87-67-21-43-9-44(22-67)11-45(10-43)23-67)63(83)91-71-37-72(92-64(84)76(34-56(76)6-2)60(80)88-68-24-46-12-47(25-68)14-48(13-46)26-68)40-73(38-71,93-65(85)77(35-57(77)7-3)61(81)89-69-27-49-15-50(28-69)17-51(16-49)29-69)42-74(39-71,41-72)94-66(86)78(36-58(78)8-4)62(82)90-70-30-52-18-53(31-70)20-54(19-52)32-70/h5-8,43-58H,1-4,9-42H2. The van der Waals surface area contributed by atoms with Gasteiger partial charge in [-0.15, -0.1) is 26.3 Å². The molecule has 24 aliphatic rings. The van der Waals surface area contributed by atoms with Gasteiger partial charge in [-0.2, -0.15) is 0 Å². The van der Waals surface area contributed by atoms with Crippen molar-refractivity contribution in [2.24, 2.45) is 116 Å². The van der Waals surface area contributed by atoms with Gasteiger partial charge in [0.25, 0.3) is 0 Å². The van der Waals surface area contributed by atoms with Gasteiger partial charge >= 0.3 is 47.8 Å². The van der Waals surface area contributed by atoms with E-state index >= 15 is 38.4 Å². The largest absolute Gasteiger partial charge is 0.458 e. The number of carbonyl (C=O) groups is 8. The summed E-state index contributed by atoms with van der Waals surface area (Å²) in [6.07, 6.45) is 27.9. The van der Waals surface area contributed by atoms with Gasteiger partial charge in [-0.3, -0.25) is 38.4 Å². The Hall–Kier alpha value is -5.28. The van der Waals surface area contributed by atoms with Crippen LogP contribution in [-0.2, 0) is 76.3 Å². The molecule has 24 fully saturated rings. The third kappa shape index (κ3) is 8.69. The average molecular weight is 1290 g/mol. The van der Waals surface area contributed by atoms with Crippen LogP contribution in [0.2, 0.25) is 0 Å². The molecule has 0 aromatic carbocycles. The van der Waals surface area contributed by atoms with Crippen molar-refractivity contribution in [3.63, 3.8) is 0 Å². The van der Waals surface area contributed by atoms with Crippen LogP contribution in [0.15, 0.2) is 50.6 Å². The molecular formula is C78H96O16. The Morgan fingerprint density at radius 1 is 0.213 bits per heavy atom. The van der Waals surface area contributed by atoms with Gasteiger partial charge in [0, 0.05) is 62.2 Å². The van der Waals surface area contributed by atoms with E-state index in [2.05, 4.69) is 26.3 Å². The predicted octanol–water partition coefficient (Wildman–Crippen LogP) is 12.3. The van der Waals surface area contributed by atoms with E-state index in [4.69, 9.17) is 37.9 Å². The van der Waals surface area contributed by atoms with E-state index in [1.807, 2.05) is 0 Å². The summed E-state index contributed by atoms with van der Waals surface area (Å²) < 4.78 is 55.5. The van der Waals surface area contributed by atoms with Crippen molar-refractivity contribution in [2.45, 2.75) is 263 Å². The molecule has 8 unspecified atom stereocenters. The van der Waals surface area contributed by atoms with Gasteiger partial charge in [-0.05, 0) is 251 Å². The number of carbonyl (C=O) groups excluding carboxylic acids is 8. The van der Waals surface area contributed by atoms with Crippen molar-refractivity contribution < 1.29 is 76.3 Å². The van der Waals surface area contributed by atoms with Crippen molar-refractivity contribution in [3.05, 3.63) is 50.6 Å². The maximum absolute atomic E-state index is 16.0. The Morgan fingerprint density at radius 3 is 0.457 bits per heavy atom. The Balaban J connectivity index is 0.697. The maximum atomic E-state index is 16.0. The summed E-state index contributed by atoms with van der Waals surface area (Å²) in [5.74, 6) is -3.29. The fourth-order valence-electron chi connectivity index (χ4n) is 28.1. The second-order valence-corrected chi connectivity index (χ2v) is 37.4. The SMILES string of the molecule is C=CC1CC1(C(=O)OC12CC3CC(CC(C3)C1)C2)C(=O)OC12CC3(OC(=O)C4(C(=O)OC56CC7CC(CC(C7)C5)C6)CC4C=C)CC(OC(=O)C4(C(=O)OC56CC7CC(CC(C7)C5)C6)CC4C=C)(C1)CC(OC(=O)C1(C(=O)OC45CC6CC(CC(C6)C4)C5)CC1C=C)(C2)C3. The van der Waals surface area contributed by atoms with Gasteiger partial charge in [-0.25, -0.2) is 0 Å². The number of rotatable bonds is 20. The molecule has 20 bridgehead atoms. The Labute approximate surface area is 551 Å². The van der Waals surface area contributed by atoms with Crippen LogP contribution in [0.5, 0.6) is 0 Å². The molecule has 0 amide bonds. The Kier molecular flexibility index (Phi) is 12.3. The van der Waals surface area contributed by atoms with Crippen molar-refractivity contribution >= 4 is 47.8 Å². The molecule has 0 saturated heterocycles. The molecule has 0 N–H and O–H groups in total. The zero-order valence-corrected chi connectivity index (χ0v) is 54.9. The van der Waals surface area contributed by atoms with E-state index in [-0.39, 0.29) is 64.2 Å². The van der Waals surface area contributed by atoms with Gasteiger partial charge in [-0.1, -0.05) is 24.3 Å². The highest BCUT2D eigenvalue weighted by Crippen LogP contribution is 2.72. The molecule has 24 aliphatic carbocycles. The zero-order valence-electron chi connectivity index (χ0n) is 54.9. The smallest absolute Gasteiger partial charge is 0.324 e. The number of ether oxygens (including phenoxy) is 8. The molecule has 0 radical (unpaired) electrons. The number of allylic oxidation sites excluding steroid dienone is 4. The summed E-state index contributed by atoms with van der Waals surface area (Å²) in [7, 11) is 0. The van der Waals surface area contributed by atoms with Crippen LogP contribution in [0.25, 0.3) is 0 Å². The molecule has 0 aromatic heterocycles. The van der Waals surface area contributed by atoms with Crippen molar-refractivity contribution in [1.82, 2.24) is 0 Å². The van der Waals surface area contributed by atoms with Crippen LogP contribution >= 0.6 is 0 Å². The van der Waals surface area contributed by atoms with Crippen LogP contribution in [0.4, 0.5) is 0 Å². The zero-order chi connectivity index (χ0) is 64.4. The third-order valence-electron chi connectivity index (χ3n) is 30.4. The second kappa shape index (κ2) is 19.3. The minimum absolute atomic E-state index is 0.0862. The first-order valence-electron chi connectivity index (χ1n) is 37.2. The monoisotopic (exact) mass is 1290 g/mol.